The van der Waals surface area contributed by atoms with Crippen molar-refractivity contribution in [3.63, 3.8) is 0 Å². The number of nitrogens with zero attached hydrogens (tertiary/aromatic N) is 2. The predicted octanol–water partition coefficient (Wildman–Crippen LogP) is 5.34. The molecule has 0 aliphatic rings. The lowest BCUT2D eigenvalue weighted by Crippen LogP contribution is -2.30. The molecule has 5 nitrogen and oxygen atoms in total. The molecule has 3 aromatic carbocycles. The van der Waals surface area contributed by atoms with Gasteiger partial charge < -0.3 is 0 Å². The molecule has 0 spiro atoms. The molecule has 0 bridgehead atoms. The maximum Gasteiger partial charge on any atom is 0.260 e. The van der Waals surface area contributed by atoms with Gasteiger partial charge in [-0.3, -0.25) is 9.69 Å². The van der Waals surface area contributed by atoms with Crippen LogP contribution >= 0.6 is 11.3 Å². The number of rotatable bonds is 7. The van der Waals surface area contributed by atoms with Gasteiger partial charge in [-0.25, -0.2) is 17.8 Å². The summed E-state index contributed by atoms with van der Waals surface area (Å²) in [6, 6.07) is 22.2. The van der Waals surface area contributed by atoms with Gasteiger partial charge in [-0.2, -0.15) is 0 Å². The average molecular weight is 481 g/mol. The van der Waals surface area contributed by atoms with E-state index < -0.39 is 9.84 Å². The highest BCUT2D eigenvalue weighted by atomic mass is 32.2. The molecule has 1 amide bonds. The highest BCUT2D eigenvalue weighted by Gasteiger charge is 2.22. The Morgan fingerprint density at radius 3 is 2.36 bits per heavy atom. The Kier molecular flexibility index (Phi) is 6.67. The molecule has 4 rings (SSSR count). The zero-order valence-corrected chi connectivity index (χ0v) is 19.4. The molecule has 4 aromatic rings. The molecule has 33 heavy (non-hydrogen) atoms. The van der Waals surface area contributed by atoms with E-state index in [0.29, 0.717) is 28.5 Å². The van der Waals surface area contributed by atoms with Crippen LogP contribution in [-0.2, 0) is 22.1 Å². The third-order valence-electron chi connectivity index (χ3n) is 4.89. The van der Waals surface area contributed by atoms with E-state index in [1.165, 1.54) is 23.5 Å². The van der Waals surface area contributed by atoms with E-state index in [-0.39, 0.29) is 17.5 Å². The maximum atomic E-state index is 13.6. The number of hydrogen-bond donors (Lipinski definition) is 0. The number of carbonyl (C=O) groups is 1. The molecular formula is C25H21FN2O3S2. The average Bonchev–Trinajstić information content (AvgIpc) is 3.27. The monoisotopic (exact) mass is 480 g/mol. The topological polar surface area (TPSA) is 67.3 Å². The molecule has 0 saturated heterocycles. The number of amides is 1. The van der Waals surface area contributed by atoms with Crippen molar-refractivity contribution in [2.45, 2.75) is 12.3 Å². The second-order valence-corrected chi connectivity index (χ2v) is 10.6. The predicted molar refractivity (Wildman–Crippen MR) is 129 cm³/mol. The van der Waals surface area contributed by atoms with Gasteiger partial charge in [-0.15, -0.1) is 11.3 Å². The first-order valence-electron chi connectivity index (χ1n) is 10.1. The summed E-state index contributed by atoms with van der Waals surface area (Å²) in [5, 5.41) is 2.32. The van der Waals surface area contributed by atoms with E-state index in [0.717, 1.165) is 17.4 Å². The summed E-state index contributed by atoms with van der Waals surface area (Å²) in [7, 11) is -3.23. The van der Waals surface area contributed by atoms with Gasteiger partial charge in [0.2, 0.25) is 0 Å². The molecule has 0 aliphatic heterocycles. The third kappa shape index (κ3) is 5.91. The summed E-state index contributed by atoms with van der Waals surface area (Å²) in [6.45, 7) is 0.298. The van der Waals surface area contributed by atoms with Crippen molar-refractivity contribution in [1.29, 1.82) is 0 Å². The van der Waals surface area contributed by atoms with E-state index in [1.807, 2.05) is 35.7 Å². The van der Waals surface area contributed by atoms with E-state index in [1.54, 1.807) is 41.3 Å². The van der Waals surface area contributed by atoms with Gasteiger partial charge >= 0.3 is 0 Å². The van der Waals surface area contributed by atoms with Crippen molar-refractivity contribution in [2.75, 3.05) is 11.2 Å². The van der Waals surface area contributed by atoms with Gasteiger partial charge in [-0.05, 0) is 47.5 Å². The summed E-state index contributed by atoms with van der Waals surface area (Å²) in [6.07, 6.45) is 1.16. The molecule has 0 radical (unpaired) electrons. The van der Waals surface area contributed by atoms with Crippen molar-refractivity contribution < 1.29 is 17.6 Å². The van der Waals surface area contributed by atoms with Crippen LogP contribution in [0.2, 0.25) is 0 Å². The summed E-state index contributed by atoms with van der Waals surface area (Å²) in [5.74, 6) is -0.753. The second-order valence-electron chi connectivity index (χ2n) is 7.67. The summed E-state index contributed by atoms with van der Waals surface area (Å²) < 4.78 is 36.7. The Balaban J connectivity index is 1.69. The fourth-order valence-electron chi connectivity index (χ4n) is 3.39. The van der Waals surface area contributed by atoms with Crippen LogP contribution in [0.4, 0.5) is 9.52 Å². The first-order chi connectivity index (χ1) is 15.8. The Morgan fingerprint density at radius 1 is 0.970 bits per heavy atom. The number of hydrogen-bond acceptors (Lipinski definition) is 5. The number of sulfone groups is 1. The zero-order valence-electron chi connectivity index (χ0n) is 17.8. The molecule has 168 valence electrons. The highest BCUT2D eigenvalue weighted by Crippen LogP contribution is 2.30. The minimum Gasteiger partial charge on any atom is -0.279 e. The van der Waals surface area contributed by atoms with Gasteiger partial charge in [0.1, 0.15) is 5.82 Å². The Morgan fingerprint density at radius 2 is 1.67 bits per heavy atom. The first kappa shape index (κ1) is 22.8. The first-order valence-corrected chi connectivity index (χ1v) is 13.1. The highest BCUT2D eigenvalue weighted by molar-refractivity contribution is 7.89. The number of halogens is 1. The smallest absolute Gasteiger partial charge is 0.260 e. The second kappa shape index (κ2) is 9.64. The molecule has 0 N–H and O–H groups in total. The Hall–Kier alpha value is -3.36. The number of aromatic nitrogens is 1. The zero-order chi connectivity index (χ0) is 23.4. The molecule has 8 heteroatoms. The lowest BCUT2D eigenvalue weighted by atomic mass is 10.1. The lowest BCUT2D eigenvalue weighted by Gasteiger charge is -2.20. The maximum absolute atomic E-state index is 13.6. The van der Waals surface area contributed by atoms with E-state index in [2.05, 4.69) is 4.98 Å². The minimum absolute atomic E-state index is 0.140. The molecule has 0 aliphatic carbocycles. The minimum atomic E-state index is -3.23. The number of carbonyl (C=O) groups excluding carboxylic acids is 1. The number of benzene rings is 3. The van der Waals surface area contributed by atoms with Gasteiger partial charge in [-0.1, -0.05) is 42.5 Å². The van der Waals surface area contributed by atoms with Crippen LogP contribution in [0.15, 0.2) is 84.2 Å². The fraction of sp³-hybridized carbons (Fsp3) is 0.120. The van der Waals surface area contributed by atoms with Crippen LogP contribution in [-0.4, -0.2) is 25.6 Å². The van der Waals surface area contributed by atoms with Crippen LogP contribution in [0.5, 0.6) is 0 Å². The van der Waals surface area contributed by atoms with Crippen molar-refractivity contribution in [3.8, 4) is 11.3 Å². The van der Waals surface area contributed by atoms with Crippen LogP contribution in [0.1, 0.15) is 21.5 Å². The van der Waals surface area contributed by atoms with Gasteiger partial charge in [0.15, 0.2) is 15.0 Å². The van der Waals surface area contributed by atoms with E-state index >= 15 is 0 Å². The van der Waals surface area contributed by atoms with Crippen molar-refractivity contribution in [3.05, 3.63) is 107 Å². The van der Waals surface area contributed by atoms with Crippen LogP contribution in [0.3, 0.4) is 0 Å². The molecule has 0 atom stereocenters. The third-order valence-corrected chi connectivity index (χ3v) is 6.62. The molecular weight excluding hydrogens is 459 g/mol. The molecule has 0 saturated carbocycles. The number of thiazole rings is 1. The number of anilines is 1. The van der Waals surface area contributed by atoms with Crippen LogP contribution in [0.25, 0.3) is 11.3 Å². The van der Waals surface area contributed by atoms with Crippen molar-refractivity contribution >= 4 is 32.2 Å². The lowest BCUT2D eigenvalue weighted by molar-refractivity contribution is 0.0985. The SMILES string of the molecule is CS(=O)(=O)Cc1cccc(C(=O)N(Cc2ccccc2)c2nc(-c3ccc(F)cc3)cs2)c1. The Labute approximate surface area is 196 Å². The van der Waals surface area contributed by atoms with Crippen LogP contribution < -0.4 is 4.90 Å². The molecule has 0 fully saturated rings. The van der Waals surface area contributed by atoms with Gasteiger partial charge in [0, 0.05) is 22.8 Å². The van der Waals surface area contributed by atoms with E-state index in [9.17, 15) is 17.6 Å². The Bertz CT molecular complexity index is 1370. The summed E-state index contributed by atoms with van der Waals surface area (Å²) in [4.78, 5) is 19.8. The van der Waals surface area contributed by atoms with Crippen molar-refractivity contribution in [2.24, 2.45) is 0 Å². The molecule has 1 aromatic heterocycles. The van der Waals surface area contributed by atoms with Crippen LogP contribution in [0, 0.1) is 5.82 Å². The summed E-state index contributed by atoms with van der Waals surface area (Å²) >= 11 is 1.32. The molecule has 1 heterocycles. The summed E-state index contributed by atoms with van der Waals surface area (Å²) in [5.41, 5.74) is 3.25. The van der Waals surface area contributed by atoms with Gasteiger partial charge in [0.05, 0.1) is 18.0 Å². The normalized spacial score (nSPS) is 11.3. The molecule has 0 unspecified atom stereocenters. The van der Waals surface area contributed by atoms with E-state index in [4.69, 9.17) is 0 Å². The van der Waals surface area contributed by atoms with Crippen molar-refractivity contribution in [1.82, 2.24) is 4.98 Å². The largest absolute Gasteiger partial charge is 0.279 e. The quantitative estimate of drug-likeness (QED) is 0.358. The van der Waals surface area contributed by atoms with Gasteiger partial charge in [0.25, 0.3) is 5.91 Å². The standard InChI is InChI=1S/C25H21FN2O3S2/c1-33(30,31)17-19-8-5-9-21(14-19)24(29)28(15-18-6-3-2-4-7-18)25-27-23(16-32-25)20-10-12-22(26)13-11-20/h2-14,16H,15,17H2,1H3. The fourth-order valence-corrected chi connectivity index (χ4v) is 5.00.